The molecular formula is C9H22N4O. The van der Waals surface area contributed by atoms with Gasteiger partial charge in [-0.2, -0.15) is 0 Å². The van der Waals surface area contributed by atoms with Crippen molar-refractivity contribution in [2.45, 2.75) is 33.4 Å². The van der Waals surface area contributed by atoms with Crippen molar-refractivity contribution < 1.29 is 4.79 Å². The second-order valence-corrected chi connectivity index (χ2v) is 3.25. The van der Waals surface area contributed by atoms with E-state index in [2.05, 4.69) is 10.7 Å². The van der Waals surface area contributed by atoms with Gasteiger partial charge in [0.2, 0.25) is 0 Å². The Morgan fingerprint density at radius 2 is 1.86 bits per heavy atom. The van der Waals surface area contributed by atoms with Crippen molar-refractivity contribution in [3.05, 3.63) is 0 Å². The highest BCUT2D eigenvalue weighted by molar-refractivity contribution is 5.84. The summed E-state index contributed by atoms with van der Waals surface area (Å²) in [7, 11) is 0. The molecule has 0 fully saturated rings. The number of carbonyl (C=O) groups excluding carboxylic acids is 1. The number of carbonyl (C=O) groups is 1. The van der Waals surface area contributed by atoms with Gasteiger partial charge in [-0.3, -0.25) is 20.4 Å². The van der Waals surface area contributed by atoms with E-state index in [1.807, 2.05) is 32.6 Å². The van der Waals surface area contributed by atoms with Crippen molar-refractivity contribution in [2.24, 2.45) is 5.84 Å². The van der Waals surface area contributed by atoms with Crippen LogP contribution >= 0.6 is 0 Å². The minimum absolute atomic E-state index is 0.206. The average molecular weight is 202 g/mol. The van der Waals surface area contributed by atoms with Crippen LogP contribution in [0.3, 0.4) is 0 Å². The summed E-state index contributed by atoms with van der Waals surface area (Å²) in [5.74, 6) is 4.96. The maximum absolute atomic E-state index is 11.6. The van der Waals surface area contributed by atoms with Crippen LogP contribution in [0.1, 0.15) is 27.7 Å². The SMILES string of the molecule is CCNC(C)(C(=O)NN)N(CC)CC. The maximum atomic E-state index is 11.6. The molecule has 84 valence electrons. The molecule has 0 heterocycles. The molecule has 0 rings (SSSR count). The summed E-state index contributed by atoms with van der Waals surface area (Å²) in [5, 5.41) is 3.15. The quantitative estimate of drug-likeness (QED) is 0.238. The molecule has 5 heteroatoms. The molecule has 0 saturated carbocycles. The predicted molar refractivity (Wildman–Crippen MR) is 57.3 cm³/mol. The molecule has 4 N–H and O–H groups in total. The Labute approximate surface area is 86.0 Å². The van der Waals surface area contributed by atoms with Gasteiger partial charge in [0.25, 0.3) is 5.91 Å². The number of nitrogens with two attached hydrogens (primary N) is 1. The van der Waals surface area contributed by atoms with Crippen molar-refractivity contribution in [1.82, 2.24) is 15.6 Å². The normalized spacial score (nSPS) is 15.3. The first-order valence-electron chi connectivity index (χ1n) is 5.07. The largest absolute Gasteiger partial charge is 0.292 e. The van der Waals surface area contributed by atoms with Crippen LogP contribution < -0.4 is 16.6 Å². The monoisotopic (exact) mass is 202 g/mol. The van der Waals surface area contributed by atoms with Gasteiger partial charge in [-0.15, -0.1) is 0 Å². The number of nitrogens with one attached hydrogen (secondary N) is 2. The predicted octanol–water partition coefficient (Wildman–Crippen LogP) is -0.356. The highest BCUT2D eigenvalue weighted by Gasteiger charge is 2.36. The van der Waals surface area contributed by atoms with Crippen LogP contribution in [0.4, 0.5) is 0 Å². The summed E-state index contributed by atoms with van der Waals surface area (Å²) in [5.41, 5.74) is 1.48. The smallest absolute Gasteiger partial charge is 0.268 e. The van der Waals surface area contributed by atoms with E-state index in [0.29, 0.717) is 0 Å². The van der Waals surface area contributed by atoms with E-state index in [0.717, 1.165) is 19.6 Å². The summed E-state index contributed by atoms with van der Waals surface area (Å²) in [6, 6.07) is 0. The van der Waals surface area contributed by atoms with Crippen molar-refractivity contribution in [3.63, 3.8) is 0 Å². The van der Waals surface area contributed by atoms with Gasteiger partial charge in [-0.05, 0) is 26.6 Å². The molecule has 0 bridgehead atoms. The Morgan fingerprint density at radius 3 is 2.14 bits per heavy atom. The zero-order valence-corrected chi connectivity index (χ0v) is 9.55. The molecule has 0 aliphatic carbocycles. The molecule has 0 aliphatic rings. The Kier molecular flexibility index (Phi) is 5.68. The van der Waals surface area contributed by atoms with Gasteiger partial charge in [0.15, 0.2) is 5.66 Å². The molecule has 0 aromatic heterocycles. The first-order valence-corrected chi connectivity index (χ1v) is 5.07. The number of hydrogen-bond acceptors (Lipinski definition) is 4. The third-order valence-electron chi connectivity index (χ3n) is 2.49. The lowest BCUT2D eigenvalue weighted by Crippen LogP contribution is -2.66. The minimum Gasteiger partial charge on any atom is -0.292 e. The number of hydrazine groups is 1. The number of rotatable bonds is 6. The molecule has 5 nitrogen and oxygen atoms in total. The van der Waals surface area contributed by atoms with Crippen LogP contribution in [0.25, 0.3) is 0 Å². The molecule has 0 aromatic rings. The summed E-state index contributed by atoms with van der Waals surface area (Å²) in [6.07, 6.45) is 0. The van der Waals surface area contributed by atoms with Crippen LogP contribution in [0.15, 0.2) is 0 Å². The van der Waals surface area contributed by atoms with Crippen molar-refractivity contribution in [3.8, 4) is 0 Å². The zero-order valence-electron chi connectivity index (χ0n) is 9.55. The summed E-state index contributed by atoms with van der Waals surface area (Å²) in [4.78, 5) is 13.7. The van der Waals surface area contributed by atoms with Gasteiger partial charge in [0, 0.05) is 0 Å². The van der Waals surface area contributed by atoms with E-state index < -0.39 is 5.66 Å². The van der Waals surface area contributed by atoms with E-state index in [4.69, 9.17) is 5.84 Å². The van der Waals surface area contributed by atoms with E-state index in [9.17, 15) is 4.79 Å². The minimum atomic E-state index is -0.715. The lowest BCUT2D eigenvalue weighted by molar-refractivity contribution is -0.134. The molecule has 1 amide bonds. The van der Waals surface area contributed by atoms with Crippen LogP contribution in [-0.4, -0.2) is 36.1 Å². The topological polar surface area (TPSA) is 70.4 Å². The molecule has 1 unspecified atom stereocenters. The van der Waals surface area contributed by atoms with Crippen molar-refractivity contribution in [2.75, 3.05) is 19.6 Å². The van der Waals surface area contributed by atoms with E-state index in [1.165, 1.54) is 0 Å². The Bertz CT molecular complexity index is 182. The second kappa shape index (κ2) is 5.95. The van der Waals surface area contributed by atoms with Crippen LogP contribution in [0.5, 0.6) is 0 Å². The molecule has 0 spiro atoms. The van der Waals surface area contributed by atoms with Gasteiger partial charge >= 0.3 is 0 Å². The van der Waals surface area contributed by atoms with Crippen molar-refractivity contribution in [1.29, 1.82) is 0 Å². The van der Waals surface area contributed by atoms with E-state index in [1.54, 1.807) is 0 Å². The summed E-state index contributed by atoms with van der Waals surface area (Å²) in [6.45, 7) is 10.2. The van der Waals surface area contributed by atoms with Crippen LogP contribution in [0.2, 0.25) is 0 Å². The van der Waals surface area contributed by atoms with Crippen LogP contribution in [-0.2, 0) is 4.79 Å². The van der Waals surface area contributed by atoms with E-state index in [-0.39, 0.29) is 5.91 Å². The molecule has 0 aromatic carbocycles. The lowest BCUT2D eigenvalue weighted by Gasteiger charge is -2.38. The number of nitrogens with zero attached hydrogens (tertiary/aromatic N) is 1. The second-order valence-electron chi connectivity index (χ2n) is 3.25. The molecule has 0 saturated heterocycles. The van der Waals surface area contributed by atoms with Crippen LogP contribution in [0, 0.1) is 0 Å². The fourth-order valence-electron chi connectivity index (χ4n) is 1.68. The molecular weight excluding hydrogens is 180 g/mol. The highest BCUT2D eigenvalue weighted by atomic mass is 16.2. The number of hydrogen-bond donors (Lipinski definition) is 3. The lowest BCUT2D eigenvalue weighted by atomic mass is 10.1. The fourth-order valence-corrected chi connectivity index (χ4v) is 1.68. The average Bonchev–Trinajstić information content (AvgIpc) is 2.18. The van der Waals surface area contributed by atoms with Gasteiger partial charge in [0.1, 0.15) is 0 Å². The standard InChI is InChI=1S/C9H22N4O/c1-5-11-9(4,8(14)12-10)13(6-2)7-3/h11H,5-7,10H2,1-4H3,(H,12,14). The number of amides is 1. The molecule has 0 aliphatic heterocycles. The molecule has 0 radical (unpaired) electrons. The third kappa shape index (κ3) is 2.67. The van der Waals surface area contributed by atoms with Gasteiger partial charge in [-0.25, -0.2) is 5.84 Å². The summed E-state index contributed by atoms with van der Waals surface area (Å²) < 4.78 is 0. The highest BCUT2D eigenvalue weighted by Crippen LogP contribution is 2.10. The first kappa shape index (κ1) is 13.4. The zero-order chi connectivity index (χ0) is 11.2. The summed E-state index contributed by atoms with van der Waals surface area (Å²) >= 11 is 0. The third-order valence-corrected chi connectivity index (χ3v) is 2.49. The Morgan fingerprint density at radius 1 is 1.36 bits per heavy atom. The maximum Gasteiger partial charge on any atom is 0.268 e. The van der Waals surface area contributed by atoms with Gasteiger partial charge in [0.05, 0.1) is 0 Å². The number of likely N-dealkylation sites (N-methyl/N-ethyl adjacent to an activating group) is 2. The molecule has 14 heavy (non-hydrogen) atoms. The van der Waals surface area contributed by atoms with E-state index >= 15 is 0 Å². The van der Waals surface area contributed by atoms with Gasteiger partial charge in [-0.1, -0.05) is 20.8 Å². The van der Waals surface area contributed by atoms with Gasteiger partial charge < -0.3 is 0 Å². The first-order chi connectivity index (χ1) is 6.56. The Balaban J connectivity index is 4.75. The fraction of sp³-hybridized carbons (Fsp3) is 0.889. The van der Waals surface area contributed by atoms with Crippen molar-refractivity contribution >= 4 is 5.91 Å². The molecule has 1 atom stereocenters. The Hall–Kier alpha value is -0.650.